The van der Waals surface area contributed by atoms with Crippen molar-refractivity contribution in [2.75, 3.05) is 5.75 Å². The van der Waals surface area contributed by atoms with Gasteiger partial charge < -0.3 is 0 Å². The van der Waals surface area contributed by atoms with E-state index in [9.17, 15) is 25.8 Å². The second-order valence-electron chi connectivity index (χ2n) is 7.76. The zero-order valence-electron chi connectivity index (χ0n) is 16.0. The largest absolute Gasteiger partial charge is 0.262 e. The number of rotatable bonds is 7. The topological polar surface area (TPSA) is 87.0 Å². The number of hydrogen-bond donors (Lipinski definition) is 1. The third-order valence-electron chi connectivity index (χ3n) is 4.08. The number of sulfone groups is 1. The smallest absolute Gasteiger partial charge is 0.242 e. The number of hydrogen-bond acceptors (Lipinski definition) is 4. The molecule has 1 aromatic carbocycles. The predicted molar refractivity (Wildman–Crippen MR) is 106 cm³/mol. The van der Waals surface area contributed by atoms with Gasteiger partial charge in [-0.2, -0.15) is 5.26 Å². The Labute approximate surface area is 174 Å². The SMILES string of the molecule is CC(C)(C)S(=O)NC(CS(=O)(=O)C(C)(C)C#N)(c1cc(Br)ccc1F)C(F)F. The second-order valence-corrected chi connectivity index (χ2v) is 13.2. The molecule has 0 fully saturated rings. The highest BCUT2D eigenvalue weighted by Crippen LogP contribution is 2.37. The average molecular weight is 503 g/mol. The molecule has 5 nitrogen and oxygen atoms in total. The first-order valence-electron chi connectivity index (χ1n) is 8.07. The van der Waals surface area contributed by atoms with Crippen LogP contribution in [0.4, 0.5) is 13.2 Å². The van der Waals surface area contributed by atoms with Gasteiger partial charge in [-0.05, 0) is 52.8 Å². The lowest BCUT2D eigenvalue weighted by Crippen LogP contribution is -2.58. The molecule has 0 saturated heterocycles. The Hall–Kier alpha value is -0.960. The quantitative estimate of drug-likeness (QED) is 0.613. The Morgan fingerprint density at radius 2 is 1.79 bits per heavy atom. The van der Waals surface area contributed by atoms with Gasteiger partial charge in [0.2, 0.25) is 0 Å². The zero-order chi connectivity index (χ0) is 22.1. The van der Waals surface area contributed by atoms with Crippen molar-refractivity contribution in [3.63, 3.8) is 0 Å². The van der Waals surface area contributed by atoms with Crippen molar-refractivity contribution in [1.82, 2.24) is 4.72 Å². The van der Waals surface area contributed by atoms with Crippen LogP contribution in [0.2, 0.25) is 0 Å². The van der Waals surface area contributed by atoms with Crippen molar-refractivity contribution in [3.8, 4) is 6.07 Å². The molecule has 1 aromatic rings. The van der Waals surface area contributed by atoms with E-state index in [-0.39, 0.29) is 4.47 Å². The van der Waals surface area contributed by atoms with Crippen molar-refractivity contribution in [2.24, 2.45) is 0 Å². The Balaban J connectivity index is 3.81. The summed E-state index contributed by atoms with van der Waals surface area (Å²) in [5.41, 5.74) is -3.49. The summed E-state index contributed by atoms with van der Waals surface area (Å²) in [6.45, 7) is 6.62. The molecule has 0 aromatic heterocycles. The molecule has 0 heterocycles. The van der Waals surface area contributed by atoms with Gasteiger partial charge in [-0.1, -0.05) is 15.9 Å². The fourth-order valence-electron chi connectivity index (χ4n) is 2.09. The molecule has 0 spiro atoms. The predicted octanol–water partition coefficient (Wildman–Crippen LogP) is 3.82. The van der Waals surface area contributed by atoms with Crippen LogP contribution in [0.5, 0.6) is 0 Å². The van der Waals surface area contributed by atoms with Crippen molar-refractivity contribution in [2.45, 2.75) is 56.1 Å². The summed E-state index contributed by atoms with van der Waals surface area (Å²) in [6, 6.07) is 4.75. The van der Waals surface area contributed by atoms with Gasteiger partial charge in [0.25, 0.3) is 6.43 Å². The normalized spacial score (nSPS) is 16.5. The molecule has 0 saturated carbocycles. The van der Waals surface area contributed by atoms with Gasteiger partial charge in [-0.3, -0.25) is 0 Å². The molecular formula is C17H22BrF3N2O3S2. The summed E-state index contributed by atoms with van der Waals surface area (Å²) >= 11 is 3.06. The van der Waals surface area contributed by atoms with E-state index in [0.29, 0.717) is 0 Å². The van der Waals surface area contributed by atoms with E-state index in [4.69, 9.17) is 5.26 Å². The van der Waals surface area contributed by atoms with Crippen LogP contribution in [-0.4, -0.2) is 34.3 Å². The highest BCUT2D eigenvalue weighted by molar-refractivity contribution is 9.10. The molecule has 0 aliphatic heterocycles. The molecule has 1 N–H and O–H groups in total. The van der Waals surface area contributed by atoms with E-state index in [2.05, 4.69) is 20.7 Å². The summed E-state index contributed by atoms with van der Waals surface area (Å²) in [4.78, 5) is 0. The van der Waals surface area contributed by atoms with Crippen LogP contribution in [0.15, 0.2) is 22.7 Å². The van der Waals surface area contributed by atoms with Crippen LogP contribution in [0, 0.1) is 17.1 Å². The minimum absolute atomic E-state index is 0.231. The van der Waals surface area contributed by atoms with E-state index in [1.54, 1.807) is 6.07 Å². The van der Waals surface area contributed by atoms with Crippen LogP contribution in [-0.2, 0) is 26.4 Å². The van der Waals surface area contributed by atoms with Gasteiger partial charge in [-0.25, -0.2) is 30.5 Å². The summed E-state index contributed by atoms with van der Waals surface area (Å²) in [5.74, 6) is -2.42. The first kappa shape index (κ1) is 25.1. The van der Waals surface area contributed by atoms with Gasteiger partial charge in [0.1, 0.15) is 11.4 Å². The summed E-state index contributed by atoms with van der Waals surface area (Å²) in [7, 11) is -6.67. The average Bonchev–Trinajstić information content (AvgIpc) is 2.54. The van der Waals surface area contributed by atoms with Crippen LogP contribution in [0.25, 0.3) is 0 Å². The van der Waals surface area contributed by atoms with Crippen LogP contribution < -0.4 is 4.72 Å². The molecule has 158 valence electrons. The monoisotopic (exact) mass is 502 g/mol. The number of alkyl halides is 2. The van der Waals surface area contributed by atoms with E-state index < -0.39 is 59.4 Å². The minimum Gasteiger partial charge on any atom is -0.242 e. The Bertz CT molecular complexity index is 909. The third kappa shape index (κ3) is 5.14. The first-order chi connectivity index (χ1) is 12.5. The zero-order valence-corrected chi connectivity index (χ0v) is 19.2. The van der Waals surface area contributed by atoms with Gasteiger partial charge in [0, 0.05) is 10.0 Å². The fraction of sp³-hybridized carbons (Fsp3) is 0.588. The maximum Gasteiger partial charge on any atom is 0.262 e. The van der Waals surface area contributed by atoms with Crippen LogP contribution in [0.3, 0.4) is 0 Å². The number of nitrogens with zero attached hydrogens (tertiary/aromatic N) is 1. The fourth-order valence-corrected chi connectivity index (χ4v) is 4.91. The van der Waals surface area contributed by atoms with Crippen molar-refractivity contribution < 1.29 is 25.8 Å². The van der Waals surface area contributed by atoms with E-state index in [1.807, 2.05) is 0 Å². The first-order valence-corrected chi connectivity index (χ1v) is 11.7. The minimum atomic E-state index is -4.50. The number of benzene rings is 1. The molecule has 1 rings (SSSR count). The second kappa shape index (κ2) is 8.42. The van der Waals surface area contributed by atoms with Crippen molar-refractivity contribution in [1.29, 1.82) is 5.26 Å². The Morgan fingerprint density at radius 3 is 2.21 bits per heavy atom. The van der Waals surface area contributed by atoms with E-state index >= 15 is 0 Å². The molecule has 2 unspecified atom stereocenters. The highest BCUT2D eigenvalue weighted by Gasteiger charge is 2.52. The summed E-state index contributed by atoms with van der Waals surface area (Å²) in [6.07, 6.45) is -3.45. The van der Waals surface area contributed by atoms with Crippen LogP contribution in [0.1, 0.15) is 40.2 Å². The van der Waals surface area contributed by atoms with Gasteiger partial charge >= 0.3 is 0 Å². The number of nitriles is 1. The van der Waals surface area contributed by atoms with Gasteiger partial charge in [0.05, 0.1) is 27.6 Å². The standard InChI is InChI=1S/C17H22BrF3N2O3S2/c1-15(2,3)27(24)23-17(14(20)21,10-28(25,26)16(4,5)9-22)12-8-11(18)6-7-13(12)19/h6-8,14,23H,10H2,1-5H3. The van der Waals surface area contributed by atoms with Crippen molar-refractivity contribution in [3.05, 3.63) is 34.1 Å². The highest BCUT2D eigenvalue weighted by atomic mass is 79.9. The van der Waals surface area contributed by atoms with Gasteiger partial charge in [-0.15, -0.1) is 0 Å². The van der Waals surface area contributed by atoms with Crippen LogP contribution >= 0.6 is 15.9 Å². The third-order valence-corrected chi connectivity index (χ3v) is 8.71. The maximum absolute atomic E-state index is 14.6. The molecular weight excluding hydrogens is 481 g/mol. The van der Waals surface area contributed by atoms with E-state index in [0.717, 1.165) is 26.0 Å². The molecule has 0 bridgehead atoms. The number of halogens is 4. The molecule has 0 amide bonds. The lowest BCUT2D eigenvalue weighted by atomic mass is 9.93. The maximum atomic E-state index is 14.6. The van der Waals surface area contributed by atoms with E-state index in [1.165, 1.54) is 26.8 Å². The molecule has 0 aliphatic rings. The lowest BCUT2D eigenvalue weighted by Gasteiger charge is -2.37. The number of nitrogens with one attached hydrogen (secondary N) is 1. The van der Waals surface area contributed by atoms with Crippen molar-refractivity contribution >= 4 is 36.8 Å². The Kier molecular flexibility index (Phi) is 7.54. The molecule has 28 heavy (non-hydrogen) atoms. The Morgan fingerprint density at radius 1 is 1.25 bits per heavy atom. The lowest BCUT2D eigenvalue weighted by molar-refractivity contribution is 0.0524. The molecule has 0 radical (unpaired) electrons. The van der Waals surface area contributed by atoms with Gasteiger partial charge in [0.15, 0.2) is 14.6 Å². The molecule has 2 atom stereocenters. The summed E-state index contributed by atoms with van der Waals surface area (Å²) < 4.78 is 80.9. The summed E-state index contributed by atoms with van der Waals surface area (Å²) in [5, 5.41) is 9.17. The molecule has 0 aliphatic carbocycles. The molecule has 11 heteroatoms.